The summed E-state index contributed by atoms with van der Waals surface area (Å²) >= 11 is 0. The maximum absolute atomic E-state index is 11.9. The number of hydrogen-bond donors (Lipinski definition) is 2. The van der Waals surface area contributed by atoms with Crippen LogP contribution in [0.3, 0.4) is 0 Å². The Hall–Kier alpha value is -3.02. The lowest BCUT2D eigenvalue weighted by Gasteiger charge is -2.14. The van der Waals surface area contributed by atoms with Crippen molar-refractivity contribution in [2.24, 2.45) is 0 Å². The summed E-state index contributed by atoms with van der Waals surface area (Å²) in [6.45, 7) is 2.53. The van der Waals surface area contributed by atoms with Crippen LogP contribution in [0.5, 0.6) is 11.5 Å². The van der Waals surface area contributed by atoms with Gasteiger partial charge < -0.3 is 20.1 Å². The number of nitrogens with one attached hydrogen (secondary N) is 2. The lowest BCUT2D eigenvalue weighted by Crippen LogP contribution is -2.34. The maximum atomic E-state index is 11.9. The van der Waals surface area contributed by atoms with E-state index in [0.717, 1.165) is 11.3 Å². The molecule has 6 nitrogen and oxygen atoms in total. The van der Waals surface area contributed by atoms with E-state index >= 15 is 0 Å². The Labute approximate surface area is 153 Å². The number of amides is 2. The molecule has 0 fully saturated rings. The Morgan fingerprint density at radius 1 is 0.962 bits per heavy atom. The summed E-state index contributed by atoms with van der Waals surface area (Å²) in [4.78, 5) is 23.8. The van der Waals surface area contributed by atoms with Crippen LogP contribution in [0.4, 0.5) is 0 Å². The Bertz CT molecular complexity index is 702. The first kappa shape index (κ1) is 19.3. The third kappa shape index (κ3) is 6.47. The summed E-state index contributed by atoms with van der Waals surface area (Å²) in [6, 6.07) is 16.6. The van der Waals surface area contributed by atoms with Crippen LogP contribution >= 0.6 is 0 Å². The van der Waals surface area contributed by atoms with Crippen LogP contribution in [0.1, 0.15) is 24.9 Å². The van der Waals surface area contributed by atoms with Crippen LogP contribution in [0.25, 0.3) is 0 Å². The Morgan fingerprint density at radius 2 is 1.62 bits per heavy atom. The van der Waals surface area contributed by atoms with Crippen molar-refractivity contribution in [1.29, 1.82) is 0 Å². The molecule has 0 heterocycles. The highest BCUT2D eigenvalue weighted by Gasteiger charge is 2.12. The number of rotatable bonds is 9. The molecule has 1 atom stereocenters. The third-order valence-electron chi connectivity index (χ3n) is 3.75. The molecule has 0 aliphatic carbocycles. The predicted octanol–water partition coefficient (Wildman–Crippen LogP) is 2.46. The van der Waals surface area contributed by atoms with E-state index in [1.54, 1.807) is 31.4 Å². The van der Waals surface area contributed by atoms with Crippen LogP contribution in [-0.4, -0.2) is 32.1 Å². The van der Waals surface area contributed by atoms with E-state index in [4.69, 9.17) is 9.47 Å². The molecule has 1 unspecified atom stereocenters. The second-order valence-corrected chi connectivity index (χ2v) is 5.75. The summed E-state index contributed by atoms with van der Waals surface area (Å²) in [7, 11) is 1.60. The molecule has 0 aliphatic rings. The van der Waals surface area contributed by atoms with Gasteiger partial charge in [-0.05, 0) is 36.8 Å². The fraction of sp³-hybridized carbons (Fsp3) is 0.300. The van der Waals surface area contributed by atoms with Gasteiger partial charge in [0.25, 0.3) is 0 Å². The zero-order chi connectivity index (χ0) is 18.8. The zero-order valence-corrected chi connectivity index (χ0v) is 15.0. The second kappa shape index (κ2) is 10.1. The molecule has 0 radical (unpaired) electrons. The average Bonchev–Trinajstić information content (AvgIpc) is 2.66. The maximum Gasteiger partial charge on any atom is 0.229 e. The molecular weight excluding hydrogens is 332 g/mol. The summed E-state index contributed by atoms with van der Waals surface area (Å²) in [5.41, 5.74) is 0.995. The number of hydrogen-bond acceptors (Lipinski definition) is 4. The van der Waals surface area contributed by atoms with Crippen molar-refractivity contribution in [3.8, 4) is 11.5 Å². The minimum Gasteiger partial charge on any atom is -0.497 e. The van der Waals surface area contributed by atoms with E-state index in [2.05, 4.69) is 10.6 Å². The van der Waals surface area contributed by atoms with Crippen LogP contribution in [0, 0.1) is 0 Å². The molecule has 2 amide bonds. The standard InChI is InChI=1S/C20H24N2O4/c1-15(16-6-4-3-5-7-16)22-20(24)14-19(23)21-12-13-26-18-10-8-17(25-2)9-11-18/h3-11,15H,12-14H2,1-2H3,(H,21,23)(H,22,24). The Kier molecular flexibility index (Phi) is 7.49. The summed E-state index contributed by atoms with van der Waals surface area (Å²) in [5.74, 6) is 0.798. The van der Waals surface area contributed by atoms with E-state index in [9.17, 15) is 9.59 Å². The minimum atomic E-state index is -0.332. The van der Waals surface area contributed by atoms with Gasteiger partial charge in [0.05, 0.1) is 19.7 Å². The Morgan fingerprint density at radius 3 is 2.27 bits per heavy atom. The van der Waals surface area contributed by atoms with E-state index in [1.807, 2.05) is 37.3 Å². The molecule has 2 aromatic carbocycles. The quantitative estimate of drug-likeness (QED) is 0.534. The molecule has 0 aromatic heterocycles. The van der Waals surface area contributed by atoms with Crippen LogP contribution in [-0.2, 0) is 9.59 Å². The first-order chi connectivity index (χ1) is 12.6. The van der Waals surface area contributed by atoms with Gasteiger partial charge in [-0.25, -0.2) is 0 Å². The van der Waals surface area contributed by atoms with Crippen molar-refractivity contribution in [2.45, 2.75) is 19.4 Å². The van der Waals surface area contributed by atoms with Gasteiger partial charge >= 0.3 is 0 Å². The fourth-order valence-electron chi connectivity index (χ4n) is 2.36. The molecule has 0 bridgehead atoms. The third-order valence-corrected chi connectivity index (χ3v) is 3.75. The second-order valence-electron chi connectivity index (χ2n) is 5.75. The molecule has 0 aliphatic heterocycles. The normalized spacial score (nSPS) is 11.3. The molecule has 2 aromatic rings. The number of carbonyl (C=O) groups excluding carboxylic acids is 2. The van der Waals surface area contributed by atoms with Gasteiger partial charge in [-0.3, -0.25) is 9.59 Å². The van der Waals surface area contributed by atoms with Crippen molar-refractivity contribution in [2.75, 3.05) is 20.3 Å². The molecule has 0 saturated heterocycles. The van der Waals surface area contributed by atoms with Gasteiger partial charge in [0.1, 0.15) is 24.5 Å². The van der Waals surface area contributed by atoms with E-state index in [-0.39, 0.29) is 24.3 Å². The highest BCUT2D eigenvalue weighted by molar-refractivity contribution is 5.96. The molecular formula is C20H24N2O4. The van der Waals surface area contributed by atoms with Crippen molar-refractivity contribution >= 4 is 11.8 Å². The molecule has 2 N–H and O–H groups in total. The monoisotopic (exact) mass is 356 g/mol. The molecule has 26 heavy (non-hydrogen) atoms. The number of benzene rings is 2. The highest BCUT2D eigenvalue weighted by atomic mass is 16.5. The fourth-order valence-corrected chi connectivity index (χ4v) is 2.36. The van der Waals surface area contributed by atoms with Gasteiger partial charge in [-0.15, -0.1) is 0 Å². The molecule has 0 spiro atoms. The SMILES string of the molecule is COc1ccc(OCCNC(=O)CC(=O)NC(C)c2ccccc2)cc1. The van der Waals surface area contributed by atoms with Gasteiger partial charge in [0.2, 0.25) is 11.8 Å². The van der Waals surface area contributed by atoms with Crippen molar-refractivity contribution in [3.05, 3.63) is 60.2 Å². The first-order valence-electron chi connectivity index (χ1n) is 8.46. The number of methoxy groups -OCH3 is 1. The summed E-state index contributed by atoms with van der Waals surface area (Å²) in [5, 5.41) is 5.48. The average molecular weight is 356 g/mol. The smallest absolute Gasteiger partial charge is 0.229 e. The largest absolute Gasteiger partial charge is 0.497 e. The highest BCUT2D eigenvalue weighted by Crippen LogP contribution is 2.16. The zero-order valence-electron chi connectivity index (χ0n) is 15.0. The van der Waals surface area contributed by atoms with Crippen LogP contribution < -0.4 is 20.1 Å². The first-order valence-corrected chi connectivity index (χ1v) is 8.46. The van der Waals surface area contributed by atoms with E-state index in [0.29, 0.717) is 18.9 Å². The van der Waals surface area contributed by atoms with E-state index < -0.39 is 0 Å². The van der Waals surface area contributed by atoms with Crippen molar-refractivity contribution in [3.63, 3.8) is 0 Å². The topological polar surface area (TPSA) is 76.7 Å². The van der Waals surface area contributed by atoms with Gasteiger partial charge in [-0.2, -0.15) is 0 Å². The number of ether oxygens (including phenoxy) is 2. The van der Waals surface area contributed by atoms with Gasteiger partial charge in [-0.1, -0.05) is 30.3 Å². The van der Waals surface area contributed by atoms with Gasteiger partial charge in [0, 0.05) is 0 Å². The molecule has 0 saturated carbocycles. The Balaban J connectivity index is 1.64. The minimum absolute atomic E-state index is 0.144. The van der Waals surface area contributed by atoms with Crippen molar-refractivity contribution < 1.29 is 19.1 Å². The van der Waals surface area contributed by atoms with Gasteiger partial charge in [0.15, 0.2) is 0 Å². The van der Waals surface area contributed by atoms with E-state index in [1.165, 1.54) is 0 Å². The lowest BCUT2D eigenvalue weighted by molar-refractivity contribution is -0.129. The van der Waals surface area contributed by atoms with Crippen molar-refractivity contribution in [1.82, 2.24) is 10.6 Å². The summed E-state index contributed by atoms with van der Waals surface area (Å²) < 4.78 is 10.6. The lowest BCUT2D eigenvalue weighted by atomic mass is 10.1. The van der Waals surface area contributed by atoms with Crippen LogP contribution in [0.15, 0.2) is 54.6 Å². The predicted molar refractivity (Wildman–Crippen MR) is 99.1 cm³/mol. The van der Waals surface area contributed by atoms with Crippen LogP contribution in [0.2, 0.25) is 0 Å². The molecule has 2 rings (SSSR count). The number of carbonyl (C=O) groups is 2. The molecule has 138 valence electrons. The molecule has 6 heteroatoms. The summed E-state index contributed by atoms with van der Waals surface area (Å²) in [6.07, 6.45) is -0.209.